The SMILES string of the molecule is COc1ccc(Br)cc1C[NH2+]C[C@@H]1CCCO1. The van der Waals surface area contributed by atoms with Crippen LogP contribution in [0.1, 0.15) is 18.4 Å². The highest BCUT2D eigenvalue weighted by Gasteiger charge is 2.17. The summed E-state index contributed by atoms with van der Waals surface area (Å²) in [5, 5.41) is 2.29. The zero-order chi connectivity index (χ0) is 12.1. The molecule has 2 N–H and O–H groups in total. The minimum absolute atomic E-state index is 0.438. The Kier molecular flexibility index (Phi) is 4.83. The molecule has 0 saturated carbocycles. The van der Waals surface area contributed by atoms with Gasteiger partial charge in [-0.3, -0.25) is 0 Å². The Morgan fingerprint density at radius 2 is 2.41 bits per heavy atom. The molecule has 1 aliphatic heterocycles. The third-order valence-corrected chi connectivity index (χ3v) is 3.55. The molecular formula is C13H19BrNO2+. The maximum Gasteiger partial charge on any atom is 0.127 e. The minimum Gasteiger partial charge on any atom is -0.496 e. The van der Waals surface area contributed by atoms with Gasteiger partial charge in [0.1, 0.15) is 24.9 Å². The molecule has 0 radical (unpaired) electrons. The number of nitrogens with two attached hydrogens (primary N) is 1. The van der Waals surface area contributed by atoms with Crippen LogP contribution >= 0.6 is 15.9 Å². The Bertz CT molecular complexity index is 364. The summed E-state index contributed by atoms with van der Waals surface area (Å²) < 4.78 is 12.0. The Labute approximate surface area is 111 Å². The number of halogens is 1. The van der Waals surface area contributed by atoms with Gasteiger partial charge in [0.05, 0.1) is 7.11 Å². The maximum atomic E-state index is 5.60. The lowest BCUT2D eigenvalue weighted by Gasteiger charge is -2.10. The van der Waals surface area contributed by atoms with Crippen LogP contribution < -0.4 is 10.1 Å². The van der Waals surface area contributed by atoms with Crippen molar-refractivity contribution >= 4 is 15.9 Å². The molecule has 1 atom stereocenters. The second kappa shape index (κ2) is 6.38. The van der Waals surface area contributed by atoms with Gasteiger partial charge in [-0.15, -0.1) is 0 Å². The standard InChI is InChI=1S/C13H18BrNO2/c1-16-13-5-4-11(14)7-10(13)8-15-9-12-3-2-6-17-12/h4-5,7,12,15H,2-3,6,8-9H2,1H3/p+1/t12-/m0/s1. The first kappa shape index (κ1) is 12.9. The van der Waals surface area contributed by atoms with Crippen LogP contribution in [0.25, 0.3) is 0 Å². The van der Waals surface area contributed by atoms with Crippen LogP contribution in [0.4, 0.5) is 0 Å². The number of ether oxygens (including phenoxy) is 2. The molecule has 94 valence electrons. The van der Waals surface area contributed by atoms with E-state index in [1.165, 1.54) is 18.4 Å². The van der Waals surface area contributed by atoms with Crippen LogP contribution in [0, 0.1) is 0 Å². The molecule has 1 heterocycles. The van der Waals surface area contributed by atoms with Crippen molar-refractivity contribution in [2.45, 2.75) is 25.5 Å². The lowest BCUT2D eigenvalue weighted by atomic mass is 10.2. The highest BCUT2D eigenvalue weighted by molar-refractivity contribution is 9.10. The molecule has 1 fully saturated rings. The molecule has 0 aliphatic carbocycles. The van der Waals surface area contributed by atoms with Crippen molar-refractivity contribution in [2.75, 3.05) is 20.3 Å². The van der Waals surface area contributed by atoms with E-state index >= 15 is 0 Å². The Morgan fingerprint density at radius 3 is 3.12 bits per heavy atom. The summed E-state index contributed by atoms with van der Waals surface area (Å²) in [4.78, 5) is 0. The largest absolute Gasteiger partial charge is 0.496 e. The predicted molar refractivity (Wildman–Crippen MR) is 70.2 cm³/mol. The molecular weight excluding hydrogens is 282 g/mol. The fourth-order valence-corrected chi connectivity index (χ4v) is 2.57. The molecule has 0 unspecified atom stereocenters. The third-order valence-electron chi connectivity index (χ3n) is 3.06. The summed E-state index contributed by atoms with van der Waals surface area (Å²) in [6, 6.07) is 6.12. The molecule has 0 aromatic heterocycles. The van der Waals surface area contributed by atoms with Crippen molar-refractivity contribution in [3.8, 4) is 5.75 Å². The molecule has 1 saturated heterocycles. The molecule has 1 aromatic rings. The van der Waals surface area contributed by atoms with Gasteiger partial charge in [-0.25, -0.2) is 0 Å². The number of hydrogen-bond donors (Lipinski definition) is 1. The summed E-state index contributed by atoms with van der Waals surface area (Å²) in [7, 11) is 1.72. The molecule has 3 nitrogen and oxygen atoms in total. The molecule has 1 aliphatic rings. The second-order valence-electron chi connectivity index (χ2n) is 4.32. The average Bonchev–Trinajstić information content (AvgIpc) is 2.82. The molecule has 4 heteroatoms. The summed E-state index contributed by atoms with van der Waals surface area (Å²) in [6.07, 6.45) is 2.85. The molecule has 1 aromatic carbocycles. The van der Waals surface area contributed by atoms with Crippen LogP contribution in [0.2, 0.25) is 0 Å². The van der Waals surface area contributed by atoms with E-state index < -0.39 is 0 Å². The topological polar surface area (TPSA) is 35.1 Å². The van der Waals surface area contributed by atoms with E-state index in [-0.39, 0.29) is 0 Å². The van der Waals surface area contributed by atoms with Gasteiger partial charge < -0.3 is 14.8 Å². The van der Waals surface area contributed by atoms with Crippen molar-refractivity contribution in [1.82, 2.24) is 0 Å². The zero-order valence-electron chi connectivity index (χ0n) is 10.1. The summed E-state index contributed by atoms with van der Waals surface area (Å²) >= 11 is 3.49. The van der Waals surface area contributed by atoms with Crippen molar-refractivity contribution < 1.29 is 14.8 Å². The van der Waals surface area contributed by atoms with Crippen LogP contribution in [0.3, 0.4) is 0 Å². The Balaban J connectivity index is 1.86. The lowest BCUT2D eigenvalue weighted by Crippen LogP contribution is -2.84. The molecule has 17 heavy (non-hydrogen) atoms. The van der Waals surface area contributed by atoms with Crippen LogP contribution in [-0.4, -0.2) is 26.4 Å². The normalized spacial score (nSPS) is 19.5. The van der Waals surface area contributed by atoms with Crippen LogP contribution in [0.5, 0.6) is 5.75 Å². The first-order valence-corrected chi connectivity index (χ1v) is 6.84. The number of methoxy groups -OCH3 is 1. The van der Waals surface area contributed by atoms with Crippen molar-refractivity contribution in [3.63, 3.8) is 0 Å². The first-order chi connectivity index (χ1) is 8.29. The summed E-state index contributed by atoms with van der Waals surface area (Å²) in [5.74, 6) is 0.955. The predicted octanol–water partition coefficient (Wildman–Crippen LogP) is 1.70. The molecule has 2 rings (SSSR count). The molecule has 0 amide bonds. The van der Waals surface area contributed by atoms with E-state index in [9.17, 15) is 0 Å². The van der Waals surface area contributed by atoms with Crippen LogP contribution in [0.15, 0.2) is 22.7 Å². The van der Waals surface area contributed by atoms with E-state index in [0.29, 0.717) is 6.10 Å². The minimum atomic E-state index is 0.438. The van der Waals surface area contributed by atoms with Crippen molar-refractivity contribution in [2.24, 2.45) is 0 Å². The summed E-state index contributed by atoms with van der Waals surface area (Å²) in [6.45, 7) is 2.90. The van der Waals surface area contributed by atoms with Crippen LogP contribution in [-0.2, 0) is 11.3 Å². The van der Waals surface area contributed by atoms with Gasteiger partial charge in [-0.2, -0.15) is 0 Å². The number of hydrogen-bond acceptors (Lipinski definition) is 2. The van der Waals surface area contributed by atoms with Crippen molar-refractivity contribution in [3.05, 3.63) is 28.2 Å². The lowest BCUT2D eigenvalue weighted by molar-refractivity contribution is -0.676. The smallest absolute Gasteiger partial charge is 0.127 e. The fourth-order valence-electron chi connectivity index (χ4n) is 2.16. The van der Waals surface area contributed by atoms with Gasteiger partial charge in [-0.1, -0.05) is 15.9 Å². The maximum absolute atomic E-state index is 5.60. The monoisotopic (exact) mass is 300 g/mol. The molecule has 0 bridgehead atoms. The number of benzene rings is 1. The number of quaternary nitrogens is 1. The molecule has 0 spiro atoms. The van der Waals surface area contributed by atoms with Crippen molar-refractivity contribution in [1.29, 1.82) is 0 Å². The van der Waals surface area contributed by atoms with Gasteiger partial charge >= 0.3 is 0 Å². The van der Waals surface area contributed by atoms with E-state index in [1.807, 2.05) is 12.1 Å². The van der Waals surface area contributed by atoms with E-state index in [1.54, 1.807) is 7.11 Å². The first-order valence-electron chi connectivity index (χ1n) is 6.05. The Hall–Kier alpha value is -0.580. The van der Waals surface area contributed by atoms with E-state index in [2.05, 4.69) is 27.3 Å². The highest BCUT2D eigenvalue weighted by Crippen LogP contribution is 2.21. The second-order valence-corrected chi connectivity index (χ2v) is 5.24. The zero-order valence-corrected chi connectivity index (χ0v) is 11.7. The summed E-state index contributed by atoms with van der Waals surface area (Å²) in [5.41, 5.74) is 1.22. The van der Waals surface area contributed by atoms with Gasteiger partial charge in [0.25, 0.3) is 0 Å². The van der Waals surface area contributed by atoms with E-state index in [0.717, 1.165) is 29.9 Å². The third kappa shape index (κ3) is 3.69. The highest BCUT2D eigenvalue weighted by atomic mass is 79.9. The number of rotatable bonds is 5. The fraction of sp³-hybridized carbons (Fsp3) is 0.538. The van der Waals surface area contributed by atoms with Gasteiger partial charge in [0, 0.05) is 16.6 Å². The Morgan fingerprint density at radius 1 is 1.53 bits per heavy atom. The van der Waals surface area contributed by atoms with Gasteiger partial charge in [-0.05, 0) is 31.0 Å². The average molecular weight is 301 g/mol. The van der Waals surface area contributed by atoms with Gasteiger partial charge in [0.15, 0.2) is 0 Å². The van der Waals surface area contributed by atoms with E-state index in [4.69, 9.17) is 9.47 Å². The van der Waals surface area contributed by atoms with Gasteiger partial charge in [0.2, 0.25) is 0 Å². The quantitative estimate of drug-likeness (QED) is 0.898.